The monoisotopic (exact) mass is 256 g/mol. The summed E-state index contributed by atoms with van der Waals surface area (Å²) >= 11 is 0. The molecule has 0 bridgehead atoms. The van der Waals surface area contributed by atoms with Crippen LogP contribution in [0.4, 0.5) is 0 Å². The van der Waals surface area contributed by atoms with Crippen LogP contribution in [0.5, 0.6) is 0 Å². The Bertz CT molecular complexity index is 253. The normalized spacial score (nSPS) is 10.9. The number of esters is 2. The molecule has 0 aliphatic heterocycles. The molecule has 104 valence electrons. The van der Waals surface area contributed by atoms with Gasteiger partial charge >= 0.3 is 11.9 Å². The lowest BCUT2D eigenvalue weighted by atomic mass is 10.0. The van der Waals surface area contributed by atoms with E-state index in [0.29, 0.717) is 12.8 Å². The second kappa shape index (κ2) is 10.8. The molecule has 0 aromatic carbocycles. The predicted molar refractivity (Wildman–Crippen MR) is 70.0 cm³/mol. The fourth-order valence-electron chi connectivity index (χ4n) is 1.48. The van der Waals surface area contributed by atoms with E-state index in [0.717, 1.165) is 12.8 Å². The third kappa shape index (κ3) is 7.09. The molecule has 4 nitrogen and oxygen atoms in total. The first-order valence-corrected chi connectivity index (χ1v) is 6.65. The molecule has 4 heteroatoms. The lowest BCUT2D eigenvalue weighted by Crippen LogP contribution is -2.28. The van der Waals surface area contributed by atoms with Crippen molar-refractivity contribution >= 4 is 11.9 Å². The number of unbranched alkanes of at least 4 members (excludes halogenated alkanes) is 1. The van der Waals surface area contributed by atoms with Gasteiger partial charge in [0.25, 0.3) is 0 Å². The van der Waals surface area contributed by atoms with Gasteiger partial charge in [-0.3, -0.25) is 9.59 Å². The fourth-order valence-corrected chi connectivity index (χ4v) is 1.48. The van der Waals surface area contributed by atoms with Gasteiger partial charge in [0, 0.05) is 0 Å². The summed E-state index contributed by atoms with van der Waals surface area (Å²) in [6.07, 6.45) is 7.29. The first-order valence-electron chi connectivity index (χ1n) is 6.65. The molecule has 0 spiro atoms. The van der Waals surface area contributed by atoms with Gasteiger partial charge < -0.3 is 9.47 Å². The first-order chi connectivity index (χ1) is 8.67. The molecule has 0 fully saturated rings. The highest BCUT2D eigenvalue weighted by Gasteiger charge is 2.28. The quantitative estimate of drug-likeness (QED) is 0.361. The third-order valence-corrected chi connectivity index (χ3v) is 2.39. The molecule has 0 amide bonds. The lowest BCUT2D eigenvalue weighted by Gasteiger charge is -2.13. The summed E-state index contributed by atoms with van der Waals surface area (Å²) in [5.41, 5.74) is 0. The van der Waals surface area contributed by atoms with Gasteiger partial charge in [0.1, 0.15) is 0 Å². The molecule has 0 saturated carbocycles. The van der Waals surface area contributed by atoms with Crippen molar-refractivity contribution in [1.82, 2.24) is 0 Å². The lowest BCUT2D eigenvalue weighted by molar-refractivity contribution is -0.161. The summed E-state index contributed by atoms with van der Waals surface area (Å²) < 4.78 is 9.77. The van der Waals surface area contributed by atoms with Crippen molar-refractivity contribution in [3.05, 3.63) is 12.2 Å². The van der Waals surface area contributed by atoms with E-state index in [9.17, 15) is 9.59 Å². The molecule has 0 aromatic rings. The molecular weight excluding hydrogens is 232 g/mol. The zero-order valence-corrected chi connectivity index (χ0v) is 11.6. The van der Waals surface area contributed by atoms with Crippen LogP contribution in [0.25, 0.3) is 0 Å². The SMILES string of the molecule is CCC/C=C/CCC(C(=O)OCC)C(=O)OCC. The van der Waals surface area contributed by atoms with E-state index in [1.165, 1.54) is 0 Å². The van der Waals surface area contributed by atoms with Crippen LogP contribution in [0.3, 0.4) is 0 Å². The number of ether oxygens (including phenoxy) is 2. The standard InChI is InChI=1S/C14H24O4/c1-4-7-8-9-10-11-12(13(15)17-5-2)14(16)18-6-3/h8-9,12H,4-7,10-11H2,1-3H3/b9-8+. The van der Waals surface area contributed by atoms with Gasteiger partial charge in [-0.05, 0) is 33.1 Å². The minimum atomic E-state index is -0.795. The largest absolute Gasteiger partial charge is 0.465 e. The van der Waals surface area contributed by atoms with Crippen LogP contribution in [0.2, 0.25) is 0 Å². The minimum absolute atomic E-state index is 0.278. The summed E-state index contributed by atoms with van der Waals surface area (Å²) in [4.78, 5) is 23.3. The molecule has 0 radical (unpaired) electrons. The van der Waals surface area contributed by atoms with E-state index in [4.69, 9.17) is 9.47 Å². The Kier molecular flexibility index (Phi) is 10.0. The number of allylic oxidation sites excluding steroid dienone is 2. The number of carbonyl (C=O) groups excluding carboxylic acids is 2. The Morgan fingerprint density at radius 1 is 0.944 bits per heavy atom. The van der Waals surface area contributed by atoms with Crippen molar-refractivity contribution in [1.29, 1.82) is 0 Å². The molecule has 0 aromatic heterocycles. The van der Waals surface area contributed by atoms with Crippen LogP contribution >= 0.6 is 0 Å². The smallest absolute Gasteiger partial charge is 0.320 e. The van der Waals surface area contributed by atoms with Crippen molar-refractivity contribution < 1.29 is 19.1 Å². The highest BCUT2D eigenvalue weighted by Crippen LogP contribution is 2.12. The third-order valence-electron chi connectivity index (χ3n) is 2.39. The number of hydrogen-bond donors (Lipinski definition) is 0. The Balaban J connectivity index is 4.29. The van der Waals surface area contributed by atoms with Crippen molar-refractivity contribution in [2.24, 2.45) is 5.92 Å². The molecular formula is C14H24O4. The highest BCUT2D eigenvalue weighted by molar-refractivity contribution is 5.94. The van der Waals surface area contributed by atoms with Gasteiger partial charge in [0.2, 0.25) is 0 Å². The Hall–Kier alpha value is -1.32. The summed E-state index contributed by atoms with van der Waals surface area (Å²) in [6.45, 7) is 6.10. The molecule has 0 atom stereocenters. The van der Waals surface area contributed by atoms with E-state index >= 15 is 0 Å². The maximum Gasteiger partial charge on any atom is 0.320 e. The van der Waals surface area contributed by atoms with E-state index in [1.54, 1.807) is 13.8 Å². The zero-order valence-electron chi connectivity index (χ0n) is 11.6. The second-order valence-electron chi connectivity index (χ2n) is 3.89. The molecule has 0 aliphatic rings. The maximum atomic E-state index is 11.6. The number of rotatable bonds is 9. The first kappa shape index (κ1) is 16.7. The van der Waals surface area contributed by atoms with E-state index in [2.05, 4.69) is 13.0 Å². The Morgan fingerprint density at radius 2 is 1.44 bits per heavy atom. The molecule has 0 unspecified atom stereocenters. The van der Waals surface area contributed by atoms with Crippen LogP contribution < -0.4 is 0 Å². The average molecular weight is 256 g/mol. The van der Waals surface area contributed by atoms with Gasteiger partial charge in [-0.15, -0.1) is 0 Å². The summed E-state index contributed by atoms with van der Waals surface area (Å²) in [5, 5.41) is 0. The number of carbonyl (C=O) groups is 2. The average Bonchev–Trinajstić information content (AvgIpc) is 2.34. The van der Waals surface area contributed by atoms with Gasteiger partial charge in [-0.1, -0.05) is 25.5 Å². The van der Waals surface area contributed by atoms with Crippen LogP contribution in [0.1, 0.15) is 46.5 Å². The van der Waals surface area contributed by atoms with Gasteiger partial charge in [0.15, 0.2) is 5.92 Å². The molecule has 0 aliphatic carbocycles. The number of hydrogen-bond acceptors (Lipinski definition) is 4. The summed E-state index contributed by atoms with van der Waals surface area (Å²) in [5.74, 6) is -1.77. The van der Waals surface area contributed by atoms with E-state index in [1.807, 2.05) is 6.08 Å². The topological polar surface area (TPSA) is 52.6 Å². The van der Waals surface area contributed by atoms with Gasteiger partial charge in [0.05, 0.1) is 13.2 Å². The van der Waals surface area contributed by atoms with E-state index < -0.39 is 17.9 Å². The predicted octanol–water partition coefficient (Wildman–Crippen LogP) is 2.87. The molecule has 0 heterocycles. The zero-order chi connectivity index (χ0) is 13.8. The van der Waals surface area contributed by atoms with E-state index in [-0.39, 0.29) is 13.2 Å². The second-order valence-corrected chi connectivity index (χ2v) is 3.89. The molecule has 0 rings (SSSR count). The van der Waals surface area contributed by atoms with Crippen molar-refractivity contribution in [3.63, 3.8) is 0 Å². The molecule has 0 N–H and O–H groups in total. The maximum absolute atomic E-state index is 11.6. The van der Waals surface area contributed by atoms with Crippen molar-refractivity contribution in [3.8, 4) is 0 Å². The summed E-state index contributed by atoms with van der Waals surface area (Å²) in [7, 11) is 0. The Morgan fingerprint density at radius 3 is 1.89 bits per heavy atom. The fraction of sp³-hybridized carbons (Fsp3) is 0.714. The Labute approximate surface area is 109 Å². The molecule has 0 saturated heterocycles. The molecule has 18 heavy (non-hydrogen) atoms. The van der Waals surface area contributed by atoms with Gasteiger partial charge in [-0.25, -0.2) is 0 Å². The van der Waals surface area contributed by atoms with Crippen molar-refractivity contribution in [2.45, 2.75) is 46.5 Å². The van der Waals surface area contributed by atoms with Crippen molar-refractivity contribution in [2.75, 3.05) is 13.2 Å². The van der Waals surface area contributed by atoms with Crippen LogP contribution in [0, 0.1) is 5.92 Å². The summed E-state index contributed by atoms with van der Waals surface area (Å²) in [6, 6.07) is 0. The minimum Gasteiger partial charge on any atom is -0.465 e. The van der Waals surface area contributed by atoms with Crippen LogP contribution in [-0.4, -0.2) is 25.2 Å². The van der Waals surface area contributed by atoms with Crippen LogP contribution in [0.15, 0.2) is 12.2 Å². The van der Waals surface area contributed by atoms with Crippen LogP contribution in [-0.2, 0) is 19.1 Å². The van der Waals surface area contributed by atoms with Gasteiger partial charge in [-0.2, -0.15) is 0 Å². The highest BCUT2D eigenvalue weighted by atomic mass is 16.6.